The largest absolute Gasteiger partial charge is 0.412 e. The number of sulfonamides is 1. The van der Waals surface area contributed by atoms with Gasteiger partial charge in [0.05, 0.1) is 4.90 Å². The molecule has 0 aromatic heterocycles. The van der Waals surface area contributed by atoms with E-state index in [0.717, 1.165) is 31.2 Å². The van der Waals surface area contributed by atoms with Crippen molar-refractivity contribution in [3.8, 4) is 5.75 Å². The molecule has 3 rings (SSSR count). The quantitative estimate of drug-likeness (QED) is 0.801. The van der Waals surface area contributed by atoms with Gasteiger partial charge in [-0.15, -0.1) is 0 Å². The van der Waals surface area contributed by atoms with Gasteiger partial charge in [-0.05, 0) is 49.1 Å². The molecule has 0 saturated carbocycles. The highest BCUT2D eigenvalue weighted by Gasteiger charge is 2.24. The molecule has 2 aromatic carbocycles. The topological polar surface area (TPSA) is 75.7 Å². The van der Waals surface area contributed by atoms with E-state index in [1.807, 2.05) is 6.07 Å². The SMILES string of the molecule is O=C(NCCc1ccc(S(=O)(=O)N2CCCCCC2)cc1)Oc1ccccc1. The van der Waals surface area contributed by atoms with Crippen LogP contribution in [0.1, 0.15) is 31.2 Å². The van der Waals surface area contributed by atoms with Gasteiger partial charge in [0.1, 0.15) is 5.75 Å². The third-order valence-electron chi connectivity index (χ3n) is 4.76. The lowest BCUT2D eigenvalue weighted by Gasteiger charge is -2.20. The lowest BCUT2D eigenvalue weighted by molar-refractivity contribution is 0.200. The van der Waals surface area contributed by atoms with Crippen molar-refractivity contribution in [2.24, 2.45) is 0 Å². The number of hydrogen-bond donors (Lipinski definition) is 1. The summed E-state index contributed by atoms with van der Waals surface area (Å²) in [4.78, 5) is 12.1. The molecule has 7 heteroatoms. The maximum atomic E-state index is 12.8. The third-order valence-corrected chi connectivity index (χ3v) is 6.68. The number of ether oxygens (including phenoxy) is 1. The smallest absolute Gasteiger partial charge is 0.410 e. The summed E-state index contributed by atoms with van der Waals surface area (Å²) in [5, 5.41) is 2.70. The van der Waals surface area contributed by atoms with E-state index in [4.69, 9.17) is 4.74 Å². The first kappa shape index (κ1) is 20.4. The van der Waals surface area contributed by atoms with Gasteiger partial charge in [0.2, 0.25) is 10.0 Å². The Balaban J connectivity index is 1.50. The maximum absolute atomic E-state index is 12.8. The van der Waals surface area contributed by atoms with Crippen molar-refractivity contribution in [2.45, 2.75) is 37.0 Å². The highest BCUT2D eigenvalue weighted by molar-refractivity contribution is 7.89. The van der Waals surface area contributed by atoms with Crippen molar-refractivity contribution >= 4 is 16.1 Å². The summed E-state index contributed by atoms with van der Waals surface area (Å²) < 4.78 is 32.3. The molecule has 1 amide bonds. The summed E-state index contributed by atoms with van der Waals surface area (Å²) in [5.41, 5.74) is 0.954. The predicted molar refractivity (Wildman–Crippen MR) is 108 cm³/mol. The summed E-state index contributed by atoms with van der Waals surface area (Å²) in [6.07, 6.45) is 4.10. The van der Waals surface area contributed by atoms with E-state index >= 15 is 0 Å². The van der Waals surface area contributed by atoms with Crippen molar-refractivity contribution in [3.05, 3.63) is 60.2 Å². The zero-order valence-electron chi connectivity index (χ0n) is 15.8. The summed E-state index contributed by atoms with van der Waals surface area (Å²) in [7, 11) is -3.43. The number of carbonyl (C=O) groups excluding carboxylic acids is 1. The van der Waals surface area contributed by atoms with Gasteiger partial charge >= 0.3 is 6.09 Å². The van der Waals surface area contributed by atoms with Crippen LogP contribution in [0.5, 0.6) is 5.75 Å². The van der Waals surface area contributed by atoms with Crippen LogP contribution in [-0.4, -0.2) is 38.5 Å². The molecule has 0 aliphatic carbocycles. The molecule has 1 N–H and O–H groups in total. The van der Waals surface area contributed by atoms with Crippen LogP contribution in [0.15, 0.2) is 59.5 Å². The Hall–Kier alpha value is -2.38. The van der Waals surface area contributed by atoms with E-state index in [1.165, 1.54) is 0 Å². The molecule has 0 spiro atoms. The fourth-order valence-corrected chi connectivity index (χ4v) is 4.72. The van der Waals surface area contributed by atoms with Crippen molar-refractivity contribution in [1.82, 2.24) is 9.62 Å². The molecule has 0 radical (unpaired) electrons. The molecule has 0 bridgehead atoms. The maximum Gasteiger partial charge on any atom is 0.412 e. The van der Waals surface area contributed by atoms with E-state index in [2.05, 4.69) is 5.32 Å². The molecule has 0 unspecified atom stereocenters. The summed E-state index contributed by atoms with van der Waals surface area (Å²) in [6, 6.07) is 15.8. The van der Waals surface area contributed by atoms with Gasteiger partial charge in [-0.2, -0.15) is 4.31 Å². The Kier molecular flexibility index (Phi) is 7.06. The number of rotatable bonds is 6. The normalized spacial score (nSPS) is 15.6. The summed E-state index contributed by atoms with van der Waals surface area (Å²) >= 11 is 0. The van der Waals surface area contributed by atoms with Crippen LogP contribution in [0.4, 0.5) is 4.79 Å². The van der Waals surface area contributed by atoms with Crippen molar-refractivity contribution in [3.63, 3.8) is 0 Å². The summed E-state index contributed by atoms with van der Waals surface area (Å²) in [5.74, 6) is 0.489. The lowest BCUT2D eigenvalue weighted by Crippen LogP contribution is -2.32. The number of nitrogens with zero attached hydrogens (tertiary/aromatic N) is 1. The molecule has 1 aliphatic rings. The number of nitrogens with one attached hydrogen (secondary N) is 1. The average Bonchev–Trinajstić information content (AvgIpc) is 2.99. The third kappa shape index (κ3) is 5.56. The van der Waals surface area contributed by atoms with Gasteiger partial charge in [0.25, 0.3) is 0 Å². The first-order chi connectivity index (χ1) is 13.6. The highest BCUT2D eigenvalue weighted by Crippen LogP contribution is 2.20. The second-order valence-electron chi connectivity index (χ2n) is 6.84. The minimum Gasteiger partial charge on any atom is -0.410 e. The number of para-hydroxylation sites is 1. The first-order valence-electron chi connectivity index (χ1n) is 9.65. The van der Waals surface area contributed by atoms with Gasteiger partial charge in [-0.25, -0.2) is 13.2 Å². The van der Waals surface area contributed by atoms with Crippen molar-refractivity contribution in [1.29, 1.82) is 0 Å². The molecule has 150 valence electrons. The minimum absolute atomic E-state index is 0.328. The van der Waals surface area contributed by atoms with E-state index in [0.29, 0.717) is 36.7 Å². The molecule has 1 saturated heterocycles. The highest BCUT2D eigenvalue weighted by atomic mass is 32.2. The first-order valence-corrected chi connectivity index (χ1v) is 11.1. The lowest BCUT2D eigenvalue weighted by atomic mass is 10.1. The number of amides is 1. The van der Waals surface area contributed by atoms with Gasteiger partial charge in [-0.3, -0.25) is 0 Å². The van der Waals surface area contributed by atoms with Crippen LogP contribution in [0.25, 0.3) is 0 Å². The Bertz CT molecular complexity index is 859. The zero-order chi connectivity index (χ0) is 19.8. The molecular weight excluding hydrogens is 376 g/mol. The number of carbonyl (C=O) groups is 1. The Morgan fingerprint density at radius 1 is 0.929 bits per heavy atom. The van der Waals surface area contributed by atoms with Gasteiger partial charge in [0.15, 0.2) is 0 Å². The molecule has 1 fully saturated rings. The van der Waals surface area contributed by atoms with Crippen LogP contribution in [0, 0.1) is 0 Å². The molecule has 0 atom stereocenters. The summed E-state index contributed by atoms with van der Waals surface area (Å²) in [6.45, 7) is 1.60. The molecule has 1 aliphatic heterocycles. The minimum atomic E-state index is -3.43. The van der Waals surface area contributed by atoms with Gasteiger partial charge in [-0.1, -0.05) is 43.2 Å². The van der Waals surface area contributed by atoms with Crippen LogP contribution in [-0.2, 0) is 16.4 Å². The van der Waals surface area contributed by atoms with Crippen LogP contribution >= 0.6 is 0 Å². The average molecular weight is 403 g/mol. The van der Waals surface area contributed by atoms with E-state index in [-0.39, 0.29) is 0 Å². The number of hydrogen-bond acceptors (Lipinski definition) is 4. The Morgan fingerprint density at radius 2 is 1.57 bits per heavy atom. The Morgan fingerprint density at radius 3 is 2.21 bits per heavy atom. The van der Waals surface area contributed by atoms with E-state index < -0.39 is 16.1 Å². The second-order valence-corrected chi connectivity index (χ2v) is 8.78. The second kappa shape index (κ2) is 9.71. The van der Waals surface area contributed by atoms with E-state index in [1.54, 1.807) is 52.8 Å². The fraction of sp³-hybridized carbons (Fsp3) is 0.381. The molecule has 2 aromatic rings. The molecule has 6 nitrogen and oxygen atoms in total. The number of benzene rings is 2. The molecular formula is C21H26N2O4S. The van der Waals surface area contributed by atoms with Crippen molar-refractivity contribution < 1.29 is 17.9 Å². The van der Waals surface area contributed by atoms with Gasteiger partial charge in [0, 0.05) is 19.6 Å². The van der Waals surface area contributed by atoms with Crippen molar-refractivity contribution in [2.75, 3.05) is 19.6 Å². The van der Waals surface area contributed by atoms with Crippen LogP contribution < -0.4 is 10.1 Å². The van der Waals surface area contributed by atoms with E-state index in [9.17, 15) is 13.2 Å². The molecule has 28 heavy (non-hydrogen) atoms. The van der Waals surface area contributed by atoms with Crippen LogP contribution in [0.3, 0.4) is 0 Å². The monoisotopic (exact) mass is 402 g/mol. The standard InChI is InChI=1S/C21H26N2O4S/c24-21(27-19-8-4-3-5-9-19)22-15-14-18-10-12-20(13-11-18)28(25,26)23-16-6-1-2-7-17-23/h3-5,8-13H,1-2,6-7,14-17H2,(H,22,24). The predicted octanol–water partition coefficient (Wildman–Crippen LogP) is 3.58. The van der Waals surface area contributed by atoms with Gasteiger partial charge < -0.3 is 10.1 Å². The fourth-order valence-electron chi connectivity index (χ4n) is 3.20. The van der Waals surface area contributed by atoms with Crippen LogP contribution in [0.2, 0.25) is 0 Å². The zero-order valence-corrected chi connectivity index (χ0v) is 16.7. The Labute approximate surface area is 166 Å². The molecule has 1 heterocycles.